The van der Waals surface area contributed by atoms with Gasteiger partial charge in [0.2, 0.25) is 0 Å². The molecule has 5 rings (SSSR count). The number of thiophene rings is 1. The first-order chi connectivity index (χ1) is 18.5. The van der Waals surface area contributed by atoms with Crippen molar-refractivity contribution < 1.29 is 19.1 Å². The van der Waals surface area contributed by atoms with Crippen LogP contribution in [0.3, 0.4) is 0 Å². The summed E-state index contributed by atoms with van der Waals surface area (Å²) in [5.41, 5.74) is 2.78. The Morgan fingerprint density at radius 2 is 1.92 bits per heavy atom. The molecule has 0 saturated carbocycles. The van der Waals surface area contributed by atoms with Gasteiger partial charge in [-0.05, 0) is 41.3 Å². The molecule has 2 aliphatic rings. The SMILES string of the molecule is COc1ccc([C@@H]2CC(c3cccn3C)=NN2C(=O)CN(CCN2CCOCC2)C(=O)c2cccs2)cc1. The second-order valence-corrected chi connectivity index (χ2v) is 10.4. The van der Waals surface area contributed by atoms with Crippen molar-refractivity contribution in [2.24, 2.45) is 12.1 Å². The molecule has 2 aromatic heterocycles. The molecule has 200 valence electrons. The molecule has 3 aromatic rings. The molecule has 2 aliphatic heterocycles. The van der Waals surface area contributed by atoms with Crippen LogP contribution in [0.15, 0.2) is 65.2 Å². The molecule has 1 aromatic carbocycles. The van der Waals surface area contributed by atoms with Gasteiger partial charge in [0, 0.05) is 45.8 Å². The van der Waals surface area contributed by atoms with Gasteiger partial charge < -0.3 is 18.9 Å². The summed E-state index contributed by atoms with van der Waals surface area (Å²) in [4.78, 5) is 31.8. The van der Waals surface area contributed by atoms with Crippen molar-refractivity contribution in [1.29, 1.82) is 0 Å². The van der Waals surface area contributed by atoms with Crippen molar-refractivity contribution in [2.45, 2.75) is 12.5 Å². The first-order valence-electron chi connectivity index (χ1n) is 12.8. The number of morpholine rings is 1. The van der Waals surface area contributed by atoms with Gasteiger partial charge in [-0.1, -0.05) is 18.2 Å². The highest BCUT2D eigenvalue weighted by Crippen LogP contribution is 2.34. The van der Waals surface area contributed by atoms with Crippen LogP contribution < -0.4 is 4.74 Å². The van der Waals surface area contributed by atoms with E-state index in [9.17, 15) is 9.59 Å². The molecule has 0 N–H and O–H groups in total. The van der Waals surface area contributed by atoms with Crippen molar-refractivity contribution in [2.75, 3.05) is 53.0 Å². The number of methoxy groups -OCH3 is 1. The number of nitrogens with zero attached hydrogens (tertiary/aromatic N) is 5. The minimum atomic E-state index is -0.267. The zero-order chi connectivity index (χ0) is 26.5. The zero-order valence-corrected chi connectivity index (χ0v) is 22.6. The first-order valence-corrected chi connectivity index (χ1v) is 13.7. The highest BCUT2D eigenvalue weighted by Gasteiger charge is 2.35. The van der Waals surface area contributed by atoms with Crippen LogP contribution >= 0.6 is 11.3 Å². The van der Waals surface area contributed by atoms with Crippen LogP contribution in [0.5, 0.6) is 5.75 Å². The highest BCUT2D eigenvalue weighted by atomic mass is 32.1. The molecule has 0 radical (unpaired) electrons. The van der Waals surface area contributed by atoms with Crippen LogP contribution in [0.1, 0.15) is 33.4 Å². The van der Waals surface area contributed by atoms with Gasteiger partial charge in [0.05, 0.1) is 42.6 Å². The predicted molar refractivity (Wildman–Crippen MR) is 147 cm³/mol. The molecule has 38 heavy (non-hydrogen) atoms. The third-order valence-electron chi connectivity index (χ3n) is 7.04. The molecule has 0 spiro atoms. The van der Waals surface area contributed by atoms with Crippen LogP contribution in [-0.2, 0) is 16.6 Å². The molecule has 1 atom stereocenters. The average molecular weight is 536 g/mol. The van der Waals surface area contributed by atoms with E-state index in [2.05, 4.69) is 4.90 Å². The number of hydrogen-bond donors (Lipinski definition) is 0. The van der Waals surface area contributed by atoms with Crippen LogP contribution in [0, 0.1) is 0 Å². The summed E-state index contributed by atoms with van der Waals surface area (Å²) in [6, 6.07) is 15.1. The Kier molecular flexibility index (Phi) is 8.21. The fraction of sp³-hybridized carbons (Fsp3) is 0.393. The summed E-state index contributed by atoms with van der Waals surface area (Å²) >= 11 is 1.39. The number of amides is 2. The number of ether oxygens (including phenoxy) is 2. The molecule has 2 amide bonds. The van der Waals surface area contributed by atoms with E-state index in [1.807, 2.05) is 65.7 Å². The monoisotopic (exact) mass is 535 g/mol. The van der Waals surface area contributed by atoms with Gasteiger partial charge in [-0.15, -0.1) is 11.3 Å². The maximum absolute atomic E-state index is 13.9. The number of carbonyl (C=O) groups excluding carboxylic acids is 2. The van der Waals surface area contributed by atoms with E-state index in [1.165, 1.54) is 11.3 Å². The van der Waals surface area contributed by atoms with E-state index < -0.39 is 0 Å². The number of rotatable bonds is 9. The molecule has 10 heteroatoms. The van der Waals surface area contributed by atoms with E-state index in [1.54, 1.807) is 23.1 Å². The number of carbonyl (C=O) groups is 2. The Hall–Kier alpha value is -3.47. The molecular formula is C28H33N5O4S. The third-order valence-corrected chi connectivity index (χ3v) is 7.90. The molecule has 1 saturated heterocycles. The van der Waals surface area contributed by atoms with Gasteiger partial charge in [0.25, 0.3) is 11.8 Å². The van der Waals surface area contributed by atoms with Crippen LogP contribution in [0.25, 0.3) is 0 Å². The van der Waals surface area contributed by atoms with Crippen LogP contribution in [-0.4, -0.2) is 89.9 Å². The van der Waals surface area contributed by atoms with Crippen LogP contribution in [0.2, 0.25) is 0 Å². The van der Waals surface area contributed by atoms with Gasteiger partial charge in [0.15, 0.2) is 0 Å². The lowest BCUT2D eigenvalue weighted by Gasteiger charge is -2.31. The smallest absolute Gasteiger partial charge is 0.264 e. The molecule has 4 heterocycles. The second kappa shape index (κ2) is 11.9. The van der Waals surface area contributed by atoms with Gasteiger partial charge in [-0.2, -0.15) is 5.10 Å². The fourth-order valence-electron chi connectivity index (χ4n) is 4.87. The Labute approximate surface area is 226 Å². The second-order valence-electron chi connectivity index (χ2n) is 9.44. The highest BCUT2D eigenvalue weighted by molar-refractivity contribution is 7.12. The maximum Gasteiger partial charge on any atom is 0.264 e. The van der Waals surface area contributed by atoms with Crippen LogP contribution in [0.4, 0.5) is 0 Å². The maximum atomic E-state index is 13.9. The topological polar surface area (TPSA) is 79.6 Å². The van der Waals surface area contributed by atoms with Crippen molar-refractivity contribution in [1.82, 2.24) is 19.4 Å². The summed E-state index contributed by atoms with van der Waals surface area (Å²) in [7, 11) is 3.60. The Balaban J connectivity index is 1.39. The number of benzene rings is 1. The quantitative estimate of drug-likeness (QED) is 0.420. The Morgan fingerprint density at radius 3 is 2.58 bits per heavy atom. The van der Waals surface area contributed by atoms with Crippen molar-refractivity contribution in [3.8, 4) is 5.75 Å². The summed E-state index contributed by atoms with van der Waals surface area (Å²) in [5, 5.41) is 8.25. The third kappa shape index (κ3) is 5.82. The Morgan fingerprint density at radius 1 is 1.13 bits per heavy atom. The summed E-state index contributed by atoms with van der Waals surface area (Å²) in [6.45, 7) is 4.12. The van der Waals surface area contributed by atoms with E-state index in [-0.39, 0.29) is 24.4 Å². The summed E-state index contributed by atoms with van der Waals surface area (Å²) in [6.07, 6.45) is 2.56. The molecule has 1 fully saturated rings. The lowest BCUT2D eigenvalue weighted by atomic mass is 10.0. The van der Waals surface area contributed by atoms with Gasteiger partial charge in [-0.25, -0.2) is 5.01 Å². The molecule has 0 unspecified atom stereocenters. The molecular weight excluding hydrogens is 502 g/mol. The predicted octanol–water partition coefficient (Wildman–Crippen LogP) is 3.25. The van der Waals surface area contributed by atoms with Crippen molar-refractivity contribution in [3.63, 3.8) is 0 Å². The minimum absolute atomic E-state index is 0.0440. The lowest BCUT2D eigenvalue weighted by Crippen LogP contribution is -2.46. The van der Waals surface area contributed by atoms with Gasteiger partial charge >= 0.3 is 0 Å². The van der Waals surface area contributed by atoms with E-state index >= 15 is 0 Å². The van der Waals surface area contributed by atoms with Crippen molar-refractivity contribution >= 4 is 28.9 Å². The zero-order valence-electron chi connectivity index (χ0n) is 21.8. The average Bonchev–Trinajstić information content (AvgIpc) is 3.72. The molecule has 0 bridgehead atoms. The van der Waals surface area contributed by atoms with E-state index in [0.29, 0.717) is 37.6 Å². The minimum Gasteiger partial charge on any atom is -0.497 e. The Bertz CT molecular complexity index is 1260. The first kappa shape index (κ1) is 26.1. The number of hydrazone groups is 1. The number of aryl methyl sites for hydroxylation is 1. The standard InChI is InChI=1S/C28H33N5O4S/c1-30-11-3-5-24(30)23-19-25(21-7-9-22(36-2)10-8-21)33(29-23)27(34)20-32(28(35)26-6-4-18-38-26)13-12-31-14-16-37-17-15-31/h3-11,18,25H,12-17,19-20H2,1-2H3/t25-/m0/s1. The number of aromatic nitrogens is 1. The largest absolute Gasteiger partial charge is 0.497 e. The lowest BCUT2D eigenvalue weighted by molar-refractivity contribution is -0.133. The normalized spacial score (nSPS) is 17.9. The fourth-order valence-corrected chi connectivity index (χ4v) is 5.56. The van der Waals surface area contributed by atoms with E-state index in [4.69, 9.17) is 14.6 Å². The summed E-state index contributed by atoms with van der Waals surface area (Å²) in [5.74, 6) is 0.416. The van der Waals surface area contributed by atoms with Crippen molar-refractivity contribution in [3.05, 3.63) is 76.2 Å². The molecule has 0 aliphatic carbocycles. The summed E-state index contributed by atoms with van der Waals surface area (Å²) < 4.78 is 12.8. The van der Waals surface area contributed by atoms with Gasteiger partial charge in [0.1, 0.15) is 12.3 Å². The molecule has 9 nitrogen and oxygen atoms in total. The number of hydrogen-bond acceptors (Lipinski definition) is 7. The van der Waals surface area contributed by atoms with Gasteiger partial charge in [-0.3, -0.25) is 14.5 Å². The van der Waals surface area contributed by atoms with E-state index in [0.717, 1.165) is 35.8 Å².